The molecule has 2 aromatic rings. The second-order valence-corrected chi connectivity index (χ2v) is 5.21. The number of hydrogen-bond donors (Lipinski definition) is 0. The zero-order valence-corrected chi connectivity index (χ0v) is 11.2. The van der Waals surface area contributed by atoms with Crippen molar-refractivity contribution in [3.05, 3.63) is 69.8 Å². The summed E-state index contributed by atoms with van der Waals surface area (Å²) in [7, 11) is 0. The van der Waals surface area contributed by atoms with E-state index < -0.39 is 0 Å². The van der Waals surface area contributed by atoms with Gasteiger partial charge in [-0.25, -0.2) is 0 Å². The lowest BCUT2D eigenvalue weighted by molar-refractivity contribution is 0.914. The lowest BCUT2D eigenvalue weighted by atomic mass is 9.92. The predicted molar refractivity (Wildman–Crippen MR) is 77.1 cm³/mol. The van der Waals surface area contributed by atoms with E-state index in [1.54, 1.807) is 0 Å². The van der Waals surface area contributed by atoms with Crippen LogP contribution < -0.4 is 0 Å². The van der Waals surface area contributed by atoms with Crippen molar-refractivity contribution in [2.45, 2.75) is 25.7 Å². The van der Waals surface area contributed by atoms with Crippen molar-refractivity contribution in [3.8, 4) is 12.1 Å². The molecular weight excluding hydrogens is 244 g/mol. The Balaban J connectivity index is 2.07. The van der Waals surface area contributed by atoms with Gasteiger partial charge in [0.05, 0.1) is 23.3 Å². The molecule has 0 atom stereocenters. The molecule has 0 aliphatic heterocycles. The minimum absolute atomic E-state index is 0.790. The van der Waals surface area contributed by atoms with Gasteiger partial charge in [0.2, 0.25) is 0 Å². The van der Waals surface area contributed by atoms with Crippen molar-refractivity contribution in [3.63, 3.8) is 0 Å². The van der Waals surface area contributed by atoms with Gasteiger partial charge in [0, 0.05) is 0 Å². The maximum atomic E-state index is 9.26. The Hall–Kier alpha value is -2.58. The quantitative estimate of drug-likeness (QED) is 0.727. The molecule has 2 aromatic carbocycles. The summed E-state index contributed by atoms with van der Waals surface area (Å²) in [5, 5.41) is 18.5. The molecule has 4 aliphatic carbocycles. The predicted octanol–water partition coefficient (Wildman–Crippen LogP) is 3.31. The molecule has 0 unspecified atom stereocenters. The first kappa shape index (κ1) is 12.5. The van der Waals surface area contributed by atoms with Gasteiger partial charge >= 0.3 is 0 Å². The van der Waals surface area contributed by atoms with Crippen LogP contribution in [0.3, 0.4) is 0 Å². The zero-order valence-electron chi connectivity index (χ0n) is 11.2. The molecule has 2 heteroatoms. The van der Waals surface area contributed by atoms with E-state index in [4.69, 9.17) is 0 Å². The molecule has 0 heterocycles. The van der Waals surface area contributed by atoms with E-state index >= 15 is 0 Å². The third kappa shape index (κ3) is 2.29. The fraction of sp³-hybridized carbons (Fsp3) is 0.222. The van der Waals surface area contributed by atoms with E-state index in [9.17, 15) is 10.5 Å². The van der Waals surface area contributed by atoms with E-state index in [0.29, 0.717) is 0 Å². The van der Waals surface area contributed by atoms with Crippen LogP contribution in [0.25, 0.3) is 0 Å². The first-order chi connectivity index (χ1) is 9.80. The lowest BCUT2D eigenvalue weighted by Crippen LogP contribution is -2.02. The van der Waals surface area contributed by atoms with Crippen LogP contribution in [-0.4, -0.2) is 0 Å². The van der Waals surface area contributed by atoms with Crippen molar-refractivity contribution in [1.29, 1.82) is 10.5 Å². The first-order valence-corrected chi connectivity index (χ1v) is 6.84. The van der Waals surface area contributed by atoms with Crippen LogP contribution in [0.1, 0.15) is 33.4 Å². The Morgan fingerprint density at radius 3 is 1.50 bits per heavy atom. The number of hydrogen-bond acceptors (Lipinski definition) is 2. The molecule has 0 saturated heterocycles. The van der Waals surface area contributed by atoms with Crippen LogP contribution in [-0.2, 0) is 25.7 Å². The van der Waals surface area contributed by atoms with Gasteiger partial charge in [-0.15, -0.1) is 0 Å². The molecule has 0 radical (unpaired) electrons. The fourth-order valence-electron chi connectivity index (χ4n) is 2.76. The van der Waals surface area contributed by atoms with E-state index in [2.05, 4.69) is 36.4 Å². The van der Waals surface area contributed by atoms with Crippen molar-refractivity contribution >= 4 is 0 Å². The summed E-state index contributed by atoms with van der Waals surface area (Å²) in [6.07, 6.45) is 3.41. The maximum absolute atomic E-state index is 9.26. The van der Waals surface area contributed by atoms with Gasteiger partial charge in [0.25, 0.3) is 0 Å². The summed E-state index contributed by atoms with van der Waals surface area (Å²) >= 11 is 0. The number of aryl methyl sites for hydroxylation is 4. The average Bonchev–Trinajstić information content (AvgIpc) is 2.49. The average molecular weight is 258 g/mol. The molecule has 0 saturated carbocycles. The van der Waals surface area contributed by atoms with Gasteiger partial charge in [0.1, 0.15) is 0 Å². The van der Waals surface area contributed by atoms with Crippen LogP contribution >= 0.6 is 0 Å². The summed E-state index contributed by atoms with van der Waals surface area (Å²) in [4.78, 5) is 0. The molecule has 20 heavy (non-hydrogen) atoms. The van der Waals surface area contributed by atoms with Gasteiger partial charge in [-0.1, -0.05) is 24.3 Å². The second kappa shape index (κ2) is 5.19. The molecule has 4 aliphatic rings. The highest BCUT2D eigenvalue weighted by Crippen LogP contribution is 2.20. The summed E-state index contributed by atoms with van der Waals surface area (Å²) in [6.45, 7) is 0. The highest BCUT2D eigenvalue weighted by molar-refractivity contribution is 5.45. The smallest absolute Gasteiger partial charge is 0.0994 e. The Morgan fingerprint density at radius 1 is 0.650 bits per heavy atom. The highest BCUT2D eigenvalue weighted by atomic mass is 14.3. The molecule has 0 N–H and O–H groups in total. The minimum atomic E-state index is 0.790. The Morgan fingerprint density at radius 2 is 1.10 bits per heavy atom. The van der Waals surface area contributed by atoms with Crippen LogP contribution in [0.2, 0.25) is 0 Å². The SMILES string of the molecule is N#Cc1cc2ccc1CCc1ccc(c(C#N)c1)CC2. The minimum Gasteiger partial charge on any atom is -0.192 e. The number of nitrogens with zero attached hydrogens (tertiary/aromatic N) is 2. The Kier molecular flexibility index (Phi) is 3.23. The molecular formula is C18H14N2. The van der Waals surface area contributed by atoms with Crippen LogP contribution in [0.4, 0.5) is 0 Å². The molecule has 0 fully saturated rings. The first-order valence-electron chi connectivity index (χ1n) is 6.84. The summed E-state index contributed by atoms with van der Waals surface area (Å²) < 4.78 is 0. The van der Waals surface area contributed by atoms with Gasteiger partial charge in [-0.3, -0.25) is 0 Å². The molecule has 0 spiro atoms. The van der Waals surface area contributed by atoms with Crippen LogP contribution in [0.5, 0.6) is 0 Å². The van der Waals surface area contributed by atoms with E-state index in [1.165, 1.54) is 11.1 Å². The van der Waals surface area contributed by atoms with Crippen molar-refractivity contribution in [1.82, 2.24) is 0 Å². The normalized spacial score (nSPS) is 13.1. The summed E-state index contributed by atoms with van der Waals surface area (Å²) in [5.41, 5.74) is 6.10. The van der Waals surface area contributed by atoms with Crippen LogP contribution in [0.15, 0.2) is 36.4 Å². The van der Waals surface area contributed by atoms with E-state index in [1.807, 2.05) is 12.1 Å². The number of rotatable bonds is 0. The van der Waals surface area contributed by atoms with E-state index in [0.717, 1.165) is 47.9 Å². The van der Waals surface area contributed by atoms with Gasteiger partial charge in [-0.05, 0) is 60.1 Å². The summed E-state index contributed by atoms with van der Waals surface area (Å²) in [5.74, 6) is 0. The molecule has 6 rings (SSSR count). The van der Waals surface area contributed by atoms with Gasteiger partial charge in [0.15, 0.2) is 0 Å². The highest BCUT2D eigenvalue weighted by Gasteiger charge is 2.10. The van der Waals surface area contributed by atoms with E-state index in [-0.39, 0.29) is 0 Å². The maximum Gasteiger partial charge on any atom is 0.0994 e. The van der Waals surface area contributed by atoms with Crippen molar-refractivity contribution in [2.75, 3.05) is 0 Å². The summed E-state index contributed by atoms with van der Waals surface area (Å²) in [6, 6.07) is 17.0. The zero-order chi connectivity index (χ0) is 13.9. The lowest BCUT2D eigenvalue weighted by Gasteiger charge is -2.12. The third-order valence-electron chi connectivity index (χ3n) is 3.96. The fourth-order valence-corrected chi connectivity index (χ4v) is 2.76. The third-order valence-corrected chi connectivity index (χ3v) is 3.96. The monoisotopic (exact) mass is 258 g/mol. The van der Waals surface area contributed by atoms with Crippen LogP contribution in [0, 0.1) is 22.7 Å². The standard InChI is InChI=1S/C18H14N2/c19-11-17-9-13-1-5-15(17)8-4-14-2-6-16(7-3-13)18(10-14)12-20/h1-2,5-6,9-10H,3-4,7-8H2. The van der Waals surface area contributed by atoms with Gasteiger partial charge in [-0.2, -0.15) is 10.5 Å². The Bertz CT molecular complexity index is 679. The molecule has 0 amide bonds. The number of benzene rings is 2. The van der Waals surface area contributed by atoms with Gasteiger partial charge < -0.3 is 0 Å². The molecule has 2 nitrogen and oxygen atoms in total. The molecule has 96 valence electrons. The second-order valence-electron chi connectivity index (χ2n) is 5.21. The number of nitriles is 2. The molecule has 0 aromatic heterocycles. The van der Waals surface area contributed by atoms with Crippen molar-refractivity contribution < 1.29 is 0 Å². The van der Waals surface area contributed by atoms with Crippen molar-refractivity contribution in [2.24, 2.45) is 0 Å². The topological polar surface area (TPSA) is 47.6 Å². The largest absolute Gasteiger partial charge is 0.192 e. The molecule has 4 bridgehead atoms. The Labute approximate surface area is 118 Å².